The molecule has 3 rings (SSSR count). The molecule has 0 aliphatic carbocycles. The summed E-state index contributed by atoms with van der Waals surface area (Å²) in [5.41, 5.74) is 1.73. The molecule has 0 bridgehead atoms. The molecule has 3 N–H and O–H groups in total. The first kappa shape index (κ1) is 20.2. The van der Waals surface area contributed by atoms with Crippen LogP contribution in [-0.4, -0.2) is 32.7 Å². The van der Waals surface area contributed by atoms with Crippen molar-refractivity contribution < 1.29 is 9.50 Å². The van der Waals surface area contributed by atoms with Crippen LogP contribution in [0.15, 0.2) is 53.3 Å². The number of anilines is 3. The molecule has 3 aromatic rings. The Balaban J connectivity index is 1.99. The van der Waals surface area contributed by atoms with E-state index in [1.807, 2.05) is 26.0 Å². The molecule has 0 spiro atoms. The molecule has 1 aromatic carbocycles. The third-order valence-electron chi connectivity index (χ3n) is 4.19. The Labute approximate surface area is 171 Å². The summed E-state index contributed by atoms with van der Waals surface area (Å²) in [6.45, 7) is 3.94. The number of pyridine rings is 1. The Hall–Kier alpha value is -2.58. The lowest BCUT2D eigenvalue weighted by Gasteiger charge is -2.20. The number of benzene rings is 1. The van der Waals surface area contributed by atoms with Gasteiger partial charge in [-0.15, -0.1) is 0 Å². The summed E-state index contributed by atoms with van der Waals surface area (Å²) in [5.74, 6) is 0.545. The minimum atomic E-state index is -0.402. The number of rotatable bonds is 7. The van der Waals surface area contributed by atoms with Crippen molar-refractivity contribution in [3.05, 3.63) is 59.1 Å². The van der Waals surface area contributed by atoms with Crippen molar-refractivity contribution in [1.29, 1.82) is 0 Å². The Kier molecular flexibility index (Phi) is 6.53. The monoisotopic (exact) mass is 445 g/mol. The maximum atomic E-state index is 14.2. The van der Waals surface area contributed by atoms with E-state index in [-0.39, 0.29) is 18.6 Å². The number of nitrogens with one attached hydrogen (secondary N) is 2. The average molecular weight is 446 g/mol. The Morgan fingerprint density at radius 3 is 2.64 bits per heavy atom. The molecule has 0 aliphatic heterocycles. The molecule has 0 radical (unpaired) electrons. The molecular formula is C20H21BrFN5O. The maximum Gasteiger partial charge on any atom is 0.225 e. The van der Waals surface area contributed by atoms with Gasteiger partial charge < -0.3 is 15.7 Å². The number of aliphatic hydroxyl groups is 1. The highest BCUT2D eigenvalue weighted by atomic mass is 79.9. The molecule has 2 aromatic heterocycles. The van der Waals surface area contributed by atoms with Crippen molar-refractivity contribution in [2.45, 2.75) is 19.9 Å². The molecule has 0 aliphatic rings. The lowest BCUT2D eigenvalue weighted by Crippen LogP contribution is -2.30. The van der Waals surface area contributed by atoms with E-state index >= 15 is 0 Å². The van der Waals surface area contributed by atoms with Crippen LogP contribution in [0.2, 0.25) is 0 Å². The second-order valence-corrected chi connectivity index (χ2v) is 7.55. The normalized spacial score (nSPS) is 12.1. The van der Waals surface area contributed by atoms with Gasteiger partial charge in [-0.3, -0.25) is 4.98 Å². The zero-order valence-electron chi connectivity index (χ0n) is 15.5. The predicted molar refractivity (Wildman–Crippen MR) is 112 cm³/mol. The van der Waals surface area contributed by atoms with Crippen LogP contribution < -0.4 is 10.6 Å². The molecule has 146 valence electrons. The Bertz CT molecular complexity index is 939. The molecular weight excluding hydrogens is 425 g/mol. The summed E-state index contributed by atoms with van der Waals surface area (Å²) in [7, 11) is 0. The second kappa shape index (κ2) is 9.07. The molecule has 0 amide bonds. The molecule has 28 heavy (non-hydrogen) atoms. The van der Waals surface area contributed by atoms with E-state index in [9.17, 15) is 9.50 Å². The number of aromatic nitrogens is 3. The van der Waals surface area contributed by atoms with Crippen molar-refractivity contribution >= 4 is 33.4 Å². The van der Waals surface area contributed by atoms with E-state index in [0.717, 1.165) is 5.56 Å². The van der Waals surface area contributed by atoms with Crippen LogP contribution in [0, 0.1) is 11.7 Å². The van der Waals surface area contributed by atoms with Crippen LogP contribution in [-0.2, 0) is 0 Å². The van der Waals surface area contributed by atoms with E-state index in [4.69, 9.17) is 0 Å². The van der Waals surface area contributed by atoms with Gasteiger partial charge >= 0.3 is 0 Å². The first-order valence-electron chi connectivity index (χ1n) is 8.85. The standard InChI is InChI=1S/C20H21BrFN5O/c1-12(2)18(11-28)26-20-25-17(13-4-3-7-23-10-13)9-19(27-20)24-16-6-5-14(21)8-15(16)22/h3-10,12,18,28H,11H2,1-2H3,(H2,24,25,26,27)/t18-/m0/s1. The molecule has 0 fully saturated rings. The van der Waals surface area contributed by atoms with Crippen LogP contribution >= 0.6 is 15.9 Å². The molecule has 8 heteroatoms. The SMILES string of the molecule is CC(C)[C@H](CO)Nc1nc(Nc2ccc(Br)cc2F)cc(-c2cccnc2)n1. The Morgan fingerprint density at radius 2 is 2.00 bits per heavy atom. The third-order valence-corrected chi connectivity index (χ3v) is 4.69. The van der Waals surface area contributed by atoms with Crippen LogP contribution in [0.4, 0.5) is 21.8 Å². The van der Waals surface area contributed by atoms with Gasteiger partial charge in [0.15, 0.2) is 0 Å². The van der Waals surface area contributed by atoms with Crippen molar-refractivity contribution in [2.75, 3.05) is 17.2 Å². The molecule has 2 heterocycles. The third kappa shape index (κ3) is 5.02. The van der Waals surface area contributed by atoms with Crippen molar-refractivity contribution in [2.24, 2.45) is 5.92 Å². The fourth-order valence-corrected chi connectivity index (χ4v) is 2.89. The fraction of sp³-hybridized carbons (Fsp3) is 0.250. The molecule has 0 unspecified atom stereocenters. The van der Waals surface area contributed by atoms with Gasteiger partial charge in [0, 0.05) is 28.5 Å². The van der Waals surface area contributed by atoms with Crippen molar-refractivity contribution in [3.8, 4) is 11.3 Å². The predicted octanol–water partition coefficient (Wildman–Crippen LogP) is 4.61. The van der Waals surface area contributed by atoms with Crippen LogP contribution in [0.3, 0.4) is 0 Å². The van der Waals surface area contributed by atoms with Crippen molar-refractivity contribution in [1.82, 2.24) is 15.0 Å². The number of aliphatic hydroxyl groups excluding tert-OH is 1. The van der Waals surface area contributed by atoms with Gasteiger partial charge in [0.05, 0.1) is 24.0 Å². The quantitative estimate of drug-likeness (QED) is 0.492. The fourth-order valence-electron chi connectivity index (χ4n) is 2.56. The van der Waals surface area contributed by atoms with Gasteiger partial charge in [-0.2, -0.15) is 4.98 Å². The first-order valence-corrected chi connectivity index (χ1v) is 9.64. The van der Waals surface area contributed by atoms with Crippen LogP contribution in [0.5, 0.6) is 0 Å². The molecule has 0 saturated carbocycles. The number of hydrogen-bond acceptors (Lipinski definition) is 6. The summed E-state index contributed by atoms with van der Waals surface area (Å²) in [5, 5.41) is 15.8. The lowest BCUT2D eigenvalue weighted by atomic mass is 10.1. The average Bonchev–Trinajstić information content (AvgIpc) is 2.68. The van der Waals surface area contributed by atoms with Crippen LogP contribution in [0.25, 0.3) is 11.3 Å². The van der Waals surface area contributed by atoms with E-state index < -0.39 is 5.82 Å². The van der Waals surface area contributed by atoms with Gasteiger partial charge in [0.2, 0.25) is 5.95 Å². The van der Waals surface area contributed by atoms with E-state index in [0.29, 0.717) is 27.6 Å². The highest BCUT2D eigenvalue weighted by molar-refractivity contribution is 9.10. The van der Waals surface area contributed by atoms with Gasteiger partial charge in [-0.25, -0.2) is 9.37 Å². The summed E-state index contributed by atoms with van der Waals surface area (Å²) < 4.78 is 14.9. The van der Waals surface area contributed by atoms with E-state index in [1.165, 1.54) is 6.07 Å². The zero-order valence-corrected chi connectivity index (χ0v) is 17.1. The van der Waals surface area contributed by atoms with Gasteiger partial charge in [0.1, 0.15) is 11.6 Å². The smallest absolute Gasteiger partial charge is 0.225 e. The maximum absolute atomic E-state index is 14.2. The summed E-state index contributed by atoms with van der Waals surface area (Å²) in [6.07, 6.45) is 3.38. The summed E-state index contributed by atoms with van der Waals surface area (Å²) in [4.78, 5) is 13.1. The first-order chi connectivity index (χ1) is 13.5. The zero-order chi connectivity index (χ0) is 20.1. The number of nitrogens with zero attached hydrogens (tertiary/aromatic N) is 3. The summed E-state index contributed by atoms with van der Waals surface area (Å²) in [6, 6.07) is 9.97. The van der Waals surface area contributed by atoms with Crippen LogP contribution in [0.1, 0.15) is 13.8 Å². The number of halogens is 2. The Morgan fingerprint density at radius 1 is 1.18 bits per heavy atom. The summed E-state index contributed by atoms with van der Waals surface area (Å²) >= 11 is 3.25. The van der Waals surface area contributed by atoms with Crippen molar-refractivity contribution in [3.63, 3.8) is 0 Å². The highest BCUT2D eigenvalue weighted by Crippen LogP contribution is 2.26. The second-order valence-electron chi connectivity index (χ2n) is 6.63. The van der Waals surface area contributed by atoms with Gasteiger partial charge in [-0.1, -0.05) is 29.8 Å². The molecule has 1 atom stereocenters. The largest absolute Gasteiger partial charge is 0.394 e. The van der Waals surface area contributed by atoms with E-state index in [2.05, 4.69) is 41.5 Å². The molecule has 0 saturated heterocycles. The minimum absolute atomic E-state index is 0.0533. The lowest BCUT2D eigenvalue weighted by molar-refractivity contribution is 0.248. The van der Waals surface area contributed by atoms with Gasteiger partial charge in [-0.05, 0) is 36.2 Å². The topological polar surface area (TPSA) is 83.0 Å². The molecule has 6 nitrogen and oxygen atoms in total. The minimum Gasteiger partial charge on any atom is -0.394 e. The van der Waals surface area contributed by atoms with E-state index in [1.54, 1.807) is 30.6 Å². The van der Waals surface area contributed by atoms with Gasteiger partial charge in [0.25, 0.3) is 0 Å². The number of hydrogen-bond donors (Lipinski definition) is 3. The highest BCUT2D eigenvalue weighted by Gasteiger charge is 2.15.